The smallest absolute Gasteiger partial charge is 0.0899 e. The van der Waals surface area contributed by atoms with Crippen LogP contribution in [0.3, 0.4) is 0 Å². The fourth-order valence-electron chi connectivity index (χ4n) is 5.09. The normalized spacial score (nSPS) is 31.7. The van der Waals surface area contributed by atoms with Crippen molar-refractivity contribution in [3.63, 3.8) is 0 Å². The van der Waals surface area contributed by atoms with Crippen LogP contribution in [0.25, 0.3) is 0 Å². The molecular formula is C22H34N2. The molecule has 0 bridgehead atoms. The Morgan fingerprint density at radius 3 is 2.00 bits per heavy atom. The predicted octanol–water partition coefficient (Wildman–Crippen LogP) is 5.33. The third kappa shape index (κ3) is 2.96. The highest BCUT2D eigenvalue weighted by Gasteiger charge is 2.33. The molecule has 0 aromatic rings. The zero-order chi connectivity index (χ0) is 17.6. The van der Waals surface area contributed by atoms with Crippen molar-refractivity contribution in [3.05, 3.63) is 45.8 Å². The van der Waals surface area contributed by atoms with Crippen molar-refractivity contribution >= 4 is 0 Å². The maximum atomic E-state index is 2.64. The Bertz CT molecular complexity index is 647. The van der Waals surface area contributed by atoms with Gasteiger partial charge >= 0.3 is 0 Å². The van der Waals surface area contributed by atoms with Crippen molar-refractivity contribution in [3.8, 4) is 0 Å². The molecule has 1 unspecified atom stereocenters. The molecule has 0 saturated carbocycles. The maximum absolute atomic E-state index is 2.64. The first-order valence-electron chi connectivity index (χ1n) is 9.56. The molecule has 2 aliphatic carbocycles. The largest absolute Gasteiger partial charge is 0.355 e. The fourth-order valence-corrected chi connectivity index (χ4v) is 5.09. The van der Waals surface area contributed by atoms with Crippen LogP contribution in [0.5, 0.6) is 0 Å². The van der Waals surface area contributed by atoms with Crippen LogP contribution in [0.4, 0.5) is 0 Å². The maximum Gasteiger partial charge on any atom is 0.0899 e. The number of hydrogen-bond acceptors (Lipinski definition) is 2. The molecule has 0 radical (unpaired) electrons. The molecule has 0 N–H and O–H groups in total. The number of allylic oxidation sites excluding steroid dienone is 8. The summed E-state index contributed by atoms with van der Waals surface area (Å²) in [6.07, 6.45) is 6.00. The summed E-state index contributed by atoms with van der Waals surface area (Å²) in [4.78, 5) is 5.27. The van der Waals surface area contributed by atoms with E-state index in [0.29, 0.717) is 17.8 Å². The second-order valence-corrected chi connectivity index (χ2v) is 8.37. The zero-order valence-corrected chi connectivity index (χ0v) is 16.6. The third-order valence-electron chi connectivity index (χ3n) is 6.37. The predicted molar refractivity (Wildman–Crippen MR) is 103 cm³/mol. The van der Waals surface area contributed by atoms with Crippen LogP contribution in [0, 0.1) is 17.8 Å². The van der Waals surface area contributed by atoms with E-state index in [4.69, 9.17) is 0 Å². The Morgan fingerprint density at radius 1 is 0.792 bits per heavy atom. The molecule has 1 heterocycles. The molecule has 1 saturated heterocycles. The van der Waals surface area contributed by atoms with E-state index >= 15 is 0 Å². The molecule has 132 valence electrons. The lowest BCUT2D eigenvalue weighted by molar-refractivity contribution is 0.266. The van der Waals surface area contributed by atoms with Crippen molar-refractivity contribution in [1.82, 2.24) is 9.80 Å². The highest BCUT2D eigenvalue weighted by atomic mass is 15.4. The van der Waals surface area contributed by atoms with E-state index in [1.54, 1.807) is 11.4 Å². The average Bonchev–Trinajstić information content (AvgIpc) is 2.93. The van der Waals surface area contributed by atoms with Gasteiger partial charge in [-0.3, -0.25) is 0 Å². The van der Waals surface area contributed by atoms with E-state index in [1.807, 2.05) is 0 Å². The van der Waals surface area contributed by atoms with Gasteiger partial charge in [-0.1, -0.05) is 44.1 Å². The van der Waals surface area contributed by atoms with Gasteiger partial charge in [0.05, 0.1) is 6.67 Å². The summed E-state index contributed by atoms with van der Waals surface area (Å²) in [5.74, 6) is 1.92. The highest BCUT2D eigenvalue weighted by Crippen LogP contribution is 2.39. The lowest BCUT2D eigenvalue weighted by Gasteiger charge is -2.37. The molecule has 3 aliphatic rings. The van der Waals surface area contributed by atoms with Crippen LogP contribution in [0.15, 0.2) is 45.8 Å². The minimum atomic E-state index is 0.621. The van der Waals surface area contributed by atoms with Gasteiger partial charge in [0.25, 0.3) is 0 Å². The van der Waals surface area contributed by atoms with Gasteiger partial charge in [0.15, 0.2) is 0 Å². The highest BCUT2D eigenvalue weighted by molar-refractivity contribution is 5.36. The Labute approximate surface area is 148 Å². The minimum Gasteiger partial charge on any atom is -0.355 e. The molecule has 0 aromatic carbocycles. The first-order chi connectivity index (χ1) is 11.3. The van der Waals surface area contributed by atoms with Gasteiger partial charge in [0.2, 0.25) is 0 Å². The summed E-state index contributed by atoms with van der Waals surface area (Å²) < 4.78 is 0. The minimum absolute atomic E-state index is 0.621. The molecule has 0 spiro atoms. The van der Waals surface area contributed by atoms with Crippen molar-refractivity contribution < 1.29 is 0 Å². The molecule has 3 atom stereocenters. The van der Waals surface area contributed by atoms with Crippen molar-refractivity contribution in [2.24, 2.45) is 17.8 Å². The Balaban J connectivity index is 1.84. The first kappa shape index (κ1) is 17.4. The fraction of sp³-hybridized carbons (Fsp3) is 0.636. The van der Waals surface area contributed by atoms with Gasteiger partial charge in [-0.25, -0.2) is 0 Å². The lowest BCUT2D eigenvalue weighted by atomic mass is 9.80. The summed E-state index contributed by atoms with van der Waals surface area (Å²) >= 11 is 0. The van der Waals surface area contributed by atoms with Gasteiger partial charge in [-0.05, 0) is 51.2 Å². The number of nitrogens with zero attached hydrogens (tertiary/aromatic N) is 2. The molecule has 24 heavy (non-hydrogen) atoms. The quantitative estimate of drug-likeness (QED) is 0.677. The van der Waals surface area contributed by atoms with Crippen molar-refractivity contribution in [2.45, 2.75) is 54.9 Å². The van der Waals surface area contributed by atoms with E-state index in [2.05, 4.69) is 70.4 Å². The standard InChI is InChI=1S/C22H34N2/c1-14-10-16(3)21(17(4)11-14)23-8-9-24(13-23)22-18(5)12-15(2)19(6)20(22)7/h10,12,17,19-20H,8-9,11,13H2,1-7H3/t17-,19?,20-/m0/s1. The Hall–Kier alpha value is -1.44. The van der Waals surface area contributed by atoms with E-state index in [9.17, 15) is 0 Å². The van der Waals surface area contributed by atoms with Crippen LogP contribution < -0.4 is 0 Å². The van der Waals surface area contributed by atoms with Gasteiger partial charge in [0, 0.05) is 36.3 Å². The molecule has 0 aromatic heterocycles. The first-order valence-corrected chi connectivity index (χ1v) is 9.56. The SMILES string of the molecule is CC1=CC(C)=C(N2CCN(C3=C(C)C=C(C)C(C)[C@@H]3C)C2)[C@@H](C)C1. The Morgan fingerprint density at radius 2 is 1.38 bits per heavy atom. The molecule has 2 nitrogen and oxygen atoms in total. The summed E-state index contributed by atoms with van der Waals surface area (Å²) in [5, 5.41) is 0. The van der Waals surface area contributed by atoms with Gasteiger partial charge in [0.1, 0.15) is 0 Å². The monoisotopic (exact) mass is 326 g/mol. The zero-order valence-electron chi connectivity index (χ0n) is 16.6. The van der Waals surface area contributed by atoms with Crippen molar-refractivity contribution in [2.75, 3.05) is 19.8 Å². The molecule has 2 heteroatoms. The van der Waals surface area contributed by atoms with Crippen LogP contribution in [0.1, 0.15) is 54.9 Å². The van der Waals surface area contributed by atoms with E-state index in [-0.39, 0.29) is 0 Å². The summed E-state index contributed by atoms with van der Waals surface area (Å²) in [5.41, 5.74) is 9.14. The molecule has 0 amide bonds. The molecular weight excluding hydrogens is 292 g/mol. The molecule has 1 aliphatic heterocycles. The van der Waals surface area contributed by atoms with E-state index in [1.165, 1.54) is 28.7 Å². The molecule has 3 rings (SSSR count). The Kier molecular flexibility index (Phi) is 4.68. The summed E-state index contributed by atoms with van der Waals surface area (Å²) in [7, 11) is 0. The summed E-state index contributed by atoms with van der Waals surface area (Å²) in [6, 6.07) is 0. The lowest BCUT2D eigenvalue weighted by Crippen LogP contribution is -2.33. The third-order valence-corrected chi connectivity index (χ3v) is 6.37. The van der Waals surface area contributed by atoms with Crippen LogP contribution in [-0.4, -0.2) is 29.6 Å². The average molecular weight is 327 g/mol. The van der Waals surface area contributed by atoms with E-state index in [0.717, 1.165) is 19.8 Å². The number of rotatable bonds is 2. The summed E-state index contributed by atoms with van der Waals surface area (Å²) in [6.45, 7) is 19.7. The second-order valence-electron chi connectivity index (χ2n) is 8.37. The van der Waals surface area contributed by atoms with Gasteiger partial charge in [-0.2, -0.15) is 0 Å². The van der Waals surface area contributed by atoms with Crippen molar-refractivity contribution in [1.29, 1.82) is 0 Å². The topological polar surface area (TPSA) is 6.48 Å². The van der Waals surface area contributed by atoms with E-state index < -0.39 is 0 Å². The van der Waals surface area contributed by atoms with Crippen LogP contribution >= 0.6 is 0 Å². The van der Waals surface area contributed by atoms with Crippen LogP contribution in [0.2, 0.25) is 0 Å². The van der Waals surface area contributed by atoms with Crippen LogP contribution in [-0.2, 0) is 0 Å². The molecule has 1 fully saturated rings. The van der Waals surface area contributed by atoms with Gasteiger partial charge in [-0.15, -0.1) is 0 Å². The second kappa shape index (κ2) is 6.46. The number of hydrogen-bond donors (Lipinski definition) is 0. The van der Waals surface area contributed by atoms with Gasteiger partial charge < -0.3 is 9.80 Å².